The second-order valence-corrected chi connectivity index (χ2v) is 6.22. The Morgan fingerprint density at radius 2 is 1.78 bits per heavy atom. The van der Waals surface area contributed by atoms with Crippen LogP contribution >= 0.6 is 24.8 Å². The van der Waals surface area contributed by atoms with Gasteiger partial charge in [0.25, 0.3) is 0 Å². The highest BCUT2D eigenvalue weighted by Crippen LogP contribution is 2.41. The van der Waals surface area contributed by atoms with Crippen LogP contribution in [0.2, 0.25) is 0 Å². The summed E-state index contributed by atoms with van der Waals surface area (Å²) in [4.78, 5) is 13.7. The molecular weight excluding hydrogens is 333 g/mol. The Bertz CT molecular complexity index is 485. The van der Waals surface area contributed by atoms with E-state index in [1.54, 1.807) is 6.92 Å². The standard InChI is InChI=1S/C17H25N3O.2ClH/c1-13(21)19-16-7-5-15(6-8-16)17(14-3-2-4-14)20-11-9-18-10-12-20;;/h5-8,14,17-18H,2-4,9-12H2,1H3,(H,19,21);2*1H/t17-;;/m0../s1. The fourth-order valence-electron chi connectivity index (χ4n) is 3.46. The number of rotatable bonds is 4. The molecule has 1 saturated heterocycles. The SMILES string of the molecule is CC(=O)Nc1ccc([C@H](C2CCC2)N2CCNCC2)cc1.Cl.Cl. The van der Waals surface area contributed by atoms with Crippen molar-refractivity contribution >= 4 is 36.4 Å². The van der Waals surface area contributed by atoms with Gasteiger partial charge in [-0.25, -0.2) is 0 Å². The monoisotopic (exact) mass is 359 g/mol. The molecule has 2 N–H and O–H groups in total. The molecule has 1 atom stereocenters. The molecule has 2 fully saturated rings. The van der Waals surface area contributed by atoms with Crippen LogP contribution in [0, 0.1) is 5.92 Å². The van der Waals surface area contributed by atoms with Gasteiger partial charge >= 0.3 is 0 Å². The Morgan fingerprint density at radius 3 is 2.26 bits per heavy atom. The number of piperazine rings is 1. The van der Waals surface area contributed by atoms with E-state index < -0.39 is 0 Å². The van der Waals surface area contributed by atoms with Gasteiger partial charge in [0.05, 0.1) is 0 Å². The molecule has 0 aromatic heterocycles. The summed E-state index contributed by atoms with van der Waals surface area (Å²) in [6, 6.07) is 8.99. The third-order valence-corrected chi connectivity index (χ3v) is 4.71. The number of hydrogen-bond acceptors (Lipinski definition) is 3. The molecule has 1 amide bonds. The maximum absolute atomic E-state index is 11.1. The molecule has 3 rings (SSSR count). The van der Waals surface area contributed by atoms with E-state index in [1.165, 1.54) is 24.8 Å². The number of benzene rings is 1. The summed E-state index contributed by atoms with van der Waals surface area (Å²) >= 11 is 0. The highest BCUT2D eigenvalue weighted by Gasteiger charge is 2.33. The first-order chi connectivity index (χ1) is 10.2. The number of carbonyl (C=O) groups is 1. The number of carbonyl (C=O) groups excluding carboxylic acids is 1. The molecular formula is C17H27Cl2N3O. The molecule has 1 aromatic rings. The van der Waals surface area contributed by atoms with Gasteiger partial charge in [0.2, 0.25) is 5.91 Å². The molecule has 1 saturated carbocycles. The molecule has 6 heteroatoms. The van der Waals surface area contributed by atoms with Crippen molar-refractivity contribution in [2.75, 3.05) is 31.5 Å². The molecule has 0 unspecified atom stereocenters. The van der Waals surface area contributed by atoms with Gasteiger partial charge in [-0.05, 0) is 36.5 Å². The number of hydrogen-bond donors (Lipinski definition) is 2. The van der Waals surface area contributed by atoms with Crippen LogP contribution in [0.15, 0.2) is 24.3 Å². The van der Waals surface area contributed by atoms with Crippen molar-refractivity contribution in [3.05, 3.63) is 29.8 Å². The summed E-state index contributed by atoms with van der Waals surface area (Å²) < 4.78 is 0. The van der Waals surface area contributed by atoms with E-state index in [-0.39, 0.29) is 30.7 Å². The van der Waals surface area contributed by atoms with Crippen LogP contribution in [0.4, 0.5) is 5.69 Å². The maximum Gasteiger partial charge on any atom is 0.221 e. The van der Waals surface area contributed by atoms with Gasteiger partial charge in [-0.1, -0.05) is 18.6 Å². The molecule has 1 aliphatic carbocycles. The fraction of sp³-hybridized carbons (Fsp3) is 0.588. The van der Waals surface area contributed by atoms with E-state index in [0.29, 0.717) is 6.04 Å². The average molecular weight is 360 g/mol. The molecule has 1 heterocycles. The van der Waals surface area contributed by atoms with Crippen molar-refractivity contribution in [1.82, 2.24) is 10.2 Å². The van der Waals surface area contributed by atoms with Gasteiger partial charge in [0.1, 0.15) is 0 Å². The Balaban J connectivity index is 0.00000132. The molecule has 130 valence electrons. The molecule has 1 aromatic carbocycles. The lowest BCUT2D eigenvalue weighted by Gasteiger charge is -2.43. The van der Waals surface area contributed by atoms with Crippen molar-refractivity contribution in [2.24, 2.45) is 5.92 Å². The van der Waals surface area contributed by atoms with Crippen molar-refractivity contribution in [3.8, 4) is 0 Å². The minimum Gasteiger partial charge on any atom is -0.326 e. The van der Waals surface area contributed by atoms with Gasteiger partial charge in [-0.2, -0.15) is 0 Å². The first-order valence-corrected chi connectivity index (χ1v) is 8.06. The quantitative estimate of drug-likeness (QED) is 0.867. The Morgan fingerprint density at radius 1 is 1.17 bits per heavy atom. The van der Waals surface area contributed by atoms with Crippen LogP contribution in [0.1, 0.15) is 37.8 Å². The van der Waals surface area contributed by atoms with E-state index >= 15 is 0 Å². The summed E-state index contributed by atoms with van der Waals surface area (Å²) in [6.45, 7) is 6.00. The van der Waals surface area contributed by atoms with Crippen molar-refractivity contribution in [3.63, 3.8) is 0 Å². The molecule has 0 radical (unpaired) electrons. The molecule has 0 bridgehead atoms. The van der Waals surface area contributed by atoms with Crippen LogP contribution in [0.25, 0.3) is 0 Å². The minimum atomic E-state index is -0.0135. The largest absolute Gasteiger partial charge is 0.326 e. The summed E-state index contributed by atoms with van der Waals surface area (Å²) in [5.41, 5.74) is 2.29. The normalized spacial score (nSPS) is 19.7. The van der Waals surface area contributed by atoms with Crippen LogP contribution in [-0.2, 0) is 4.79 Å². The summed E-state index contributed by atoms with van der Waals surface area (Å²) in [7, 11) is 0. The predicted molar refractivity (Wildman–Crippen MR) is 99.8 cm³/mol. The van der Waals surface area contributed by atoms with E-state index in [4.69, 9.17) is 0 Å². The lowest BCUT2D eigenvalue weighted by atomic mass is 9.76. The molecule has 0 spiro atoms. The van der Waals surface area contributed by atoms with Gasteiger partial charge in [0.15, 0.2) is 0 Å². The summed E-state index contributed by atoms with van der Waals surface area (Å²) in [5, 5.41) is 6.28. The fourth-order valence-corrected chi connectivity index (χ4v) is 3.46. The van der Waals surface area contributed by atoms with E-state index in [9.17, 15) is 4.79 Å². The van der Waals surface area contributed by atoms with E-state index in [0.717, 1.165) is 37.8 Å². The number of nitrogens with one attached hydrogen (secondary N) is 2. The zero-order valence-electron chi connectivity index (χ0n) is 13.6. The smallest absolute Gasteiger partial charge is 0.221 e. The molecule has 4 nitrogen and oxygen atoms in total. The Labute approximate surface area is 151 Å². The van der Waals surface area contributed by atoms with Gasteiger partial charge in [-0.3, -0.25) is 9.69 Å². The second-order valence-electron chi connectivity index (χ2n) is 6.22. The predicted octanol–water partition coefficient (Wildman–Crippen LogP) is 3.24. The van der Waals surface area contributed by atoms with Gasteiger partial charge < -0.3 is 10.6 Å². The van der Waals surface area contributed by atoms with Gasteiger partial charge in [0, 0.05) is 44.8 Å². The average Bonchev–Trinajstić information content (AvgIpc) is 2.44. The first-order valence-electron chi connectivity index (χ1n) is 8.06. The summed E-state index contributed by atoms with van der Waals surface area (Å²) in [5.74, 6) is 0.787. The number of amides is 1. The first kappa shape index (κ1) is 20.2. The number of anilines is 1. The van der Waals surface area contributed by atoms with Crippen molar-refractivity contribution in [1.29, 1.82) is 0 Å². The van der Waals surface area contributed by atoms with Crippen molar-refractivity contribution in [2.45, 2.75) is 32.2 Å². The number of halogens is 2. The Kier molecular flexibility index (Phi) is 8.34. The van der Waals surface area contributed by atoms with Crippen LogP contribution in [0.5, 0.6) is 0 Å². The maximum atomic E-state index is 11.1. The van der Waals surface area contributed by atoms with Crippen LogP contribution < -0.4 is 10.6 Å². The Hall–Kier alpha value is -0.810. The highest BCUT2D eigenvalue weighted by molar-refractivity contribution is 5.88. The minimum absolute atomic E-state index is 0. The highest BCUT2D eigenvalue weighted by atomic mass is 35.5. The van der Waals surface area contributed by atoms with Gasteiger partial charge in [-0.15, -0.1) is 24.8 Å². The second kappa shape index (κ2) is 9.48. The van der Waals surface area contributed by atoms with E-state index in [1.807, 2.05) is 12.1 Å². The third kappa shape index (κ3) is 5.08. The summed E-state index contributed by atoms with van der Waals surface area (Å²) in [6.07, 6.45) is 4.07. The molecule has 1 aliphatic heterocycles. The zero-order valence-corrected chi connectivity index (χ0v) is 15.2. The van der Waals surface area contributed by atoms with Crippen LogP contribution in [0.3, 0.4) is 0 Å². The number of nitrogens with zero attached hydrogens (tertiary/aromatic N) is 1. The molecule has 23 heavy (non-hydrogen) atoms. The lowest BCUT2D eigenvalue weighted by molar-refractivity contribution is -0.114. The van der Waals surface area contributed by atoms with E-state index in [2.05, 4.69) is 27.7 Å². The van der Waals surface area contributed by atoms with Crippen molar-refractivity contribution < 1.29 is 4.79 Å². The molecule has 2 aliphatic rings. The lowest BCUT2D eigenvalue weighted by Crippen LogP contribution is -2.47. The van der Waals surface area contributed by atoms with Crippen LogP contribution in [-0.4, -0.2) is 37.0 Å². The third-order valence-electron chi connectivity index (χ3n) is 4.71. The topological polar surface area (TPSA) is 44.4 Å². The zero-order chi connectivity index (χ0) is 14.7.